The van der Waals surface area contributed by atoms with Crippen LogP contribution in [0, 0.1) is 6.92 Å². The standard InChI is InChI=1S/C8H7ClIN3/c1-5-6(4-10)13-8(11-5)3-2-7(9)12-13/h2-3H,4H2,1H3. The van der Waals surface area contributed by atoms with Gasteiger partial charge in [-0.05, 0) is 19.1 Å². The van der Waals surface area contributed by atoms with Gasteiger partial charge in [0.05, 0.1) is 11.4 Å². The van der Waals surface area contributed by atoms with Crippen LogP contribution in [-0.4, -0.2) is 14.6 Å². The van der Waals surface area contributed by atoms with Gasteiger partial charge in [-0.3, -0.25) is 0 Å². The molecule has 13 heavy (non-hydrogen) atoms. The summed E-state index contributed by atoms with van der Waals surface area (Å²) in [5.41, 5.74) is 2.98. The van der Waals surface area contributed by atoms with Gasteiger partial charge in [-0.1, -0.05) is 34.2 Å². The summed E-state index contributed by atoms with van der Waals surface area (Å²) in [5, 5.41) is 4.68. The highest BCUT2D eigenvalue weighted by molar-refractivity contribution is 14.1. The summed E-state index contributed by atoms with van der Waals surface area (Å²) < 4.78 is 2.68. The summed E-state index contributed by atoms with van der Waals surface area (Å²) in [4.78, 5) is 4.36. The van der Waals surface area contributed by atoms with E-state index >= 15 is 0 Å². The van der Waals surface area contributed by atoms with Crippen LogP contribution >= 0.6 is 34.2 Å². The number of aryl methyl sites for hydroxylation is 1. The maximum Gasteiger partial charge on any atom is 0.154 e. The zero-order valence-corrected chi connectivity index (χ0v) is 9.87. The number of fused-ring (bicyclic) bond motifs is 1. The van der Waals surface area contributed by atoms with Crippen molar-refractivity contribution < 1.29 is 0 Å². The molecule has 2 heterocycles. The minimum absolute atomic E-state index is 0.496. The molecule has 0 aromatic carbocycles. The Labute approximate surface area is 94.3 Å². The van der Waals surface area contributed by atoms with Crippen molar-refractivity contribution in [1.82, 2.24) is 14.6 Å². The second-order valence-corrected chi connectivity index (χ2v) is 3.85. The minimum atomic E-state index is 0.496. The van der Waals surface area contributed by atoms with E-state index in [1.54, 1.807) is 10.6 Å². The molecule has 0 aliphatic heterocycles. The van der Waals surface area contributed by atoms with Crippen LogP contribution in [-0.2, 0) is 4.43 Å². The fraction of sp³-hybridized carbons (Fsp3) is 0.250. The maximum absolute atomic E-state index is 5.79. The van der Waals surface area contributed by atoms with Crippen LogP contribution in [0.25, 0.3) is 5.65 Å². The fourth-order valence-corrected chi connectivity index (χ4v) is 2.23. The molecular weight excluding hydrogens is 300 g/mol. The minimum Gasteiger partial charge on any atom is -0.232 e. The van der Waals surface area contributed by atoms with Gasteiger partial charge < -0.3 is 0 Å². The summed E-state index contributed by atoms with van der Waals surface area (Å²) in [7, 11) is 0. The Bertz CT molecular complexity index is 452. The van der Waals surface area contributed by atoms with Crippen LogP contribution in [0.1, 0.15) is 11.4 Å². The van der Waals surface area contributed by atoms with Crippen LogP contribution < -0.4 is 0 Å². The van der Waals surface area contributed by atoms with Gasteiger partial charge in [0.25, 0.3) is 0 Å². The van der Waals surface area contributed by atoms with E-state index in [1.807, 2.05) is 13.0 Å². The van der Waals surface area contributed by atoms with E-state index in [0.717, 1.165) is 21.5 Å². The Kier molecular flexibility index (Phi) is 2.42. The molecule has 0 aliphatic rings. The molecule has 0 saturated carbocycles. The van der Waals surface area contributed by atoms with Crippen LogP contribution in [0.5, 0.6) is 0 Å². The molecule has 68 valence electrons. The van der Waals surface area contributed by atoms with E-state index in [4.69, 9.17) is 11.6 Å². The Morgan fingerprint density at radius 3 is 3.00 bits per heavy atom. The number of hydrogen-bond acceptors (Lipinski definition) is 2. The lowest BCUT2D eigenvalue weighted by Gasteiger charge is -1.96. The topological polar surface area (TPSA) is 30.2 Å². The van der Waals surface area contributed by atoms with Crippen LogP contribution in [0.4, 0.5) is 0 Å². The van der Waals surface area contributed by atoms with E-state index < -0.39 is 0 Å². The molecule has 0 unspecified atom stereocenters. The van der Waals surface area contributed by atoms with Gasteiger partial charge in [0.2, 0.25) is 0 Å². The second kappa shape index (κ2) is 3.42. The number of nitrogens with zero attached hydrogens (tertiary/aromatic N) is 3. The van der Waals surface area contributed by atoms with E-state index in [2.05, 4.69) is 32.7 Å². The molecule has 0 bridgehead atoms. The summed E-state index contributed by atoms with van der Waals surface area (Å²) >= 11 is 8.09. The molecular formula is C8H7ClIN3. The van der Waals surface area contributed by atoms with Gasteiger partial charge in [0.1, 0.15) is 5.15 Å². The Morgan fingerprint density at radius 2 is 2.31 bits per heavy atom. The summed E-state index contributed by atoms with van der Waals surface area (Å²) in [6, 6.07) is 3.62. The molecule has 3 nitrogen and oxygen atoms in total. The predicted molar refractivity (Wildman–Crippen MR) is 60.5 cm³/mol. The highest BCUT2D eigenvalue weighted by atomic mass is 127. The average molecular weight is 308 g/mol. The zero-order chi connectivity index (χ0) is 9.42. The van der Waals surface area contributed by atoms with Gasteiger partial charge in [-0.15, -0.1) is 0 Å². The molecule has 0 N–H and O–H groups in total. The van der Waals surface area contributed by atoms with E-state index in [9.17, 15) is 0 Å². The van der Waals surface area contributed by atoms with Gasteiger partial charge in [0, 0.05) is 4.43 Å². The van der Waals surface area contributed by atoms with Crippen molar-refractivity contribution >= 4 is 39.8 Å². The zero-order valence-electron chi connectivity index (χ0n) is 6.96. The molecule has 0 aliphatic carbocycles. The summed E-state index contributed by atoms with van der Waals surface area (Å²) in [6.07, 6.45) is 0. The van der Waals surface area contributed by atoms with Crippen molar-refractivity contribution in [1.29, 1.82) is 0 Å². The number of rotatable bonds is 1. The van der Waals surface area contributed by atoms with Crippen LogP contribution in [0.15, 0.2) is 12.1 Å². The van der Waals surface area contributed by atoms with Crippen LogP contribution in [0.3, 0.4) is 0 Å². The number of hydrogen-bond donors (Lipinski definition) is 0. The molecule has 0 radical (unpaired) electrons. The van der Waals surface area contributed by atoms with Gasteiger partial charge in [-0.25, -0.2) is 9.50 Å². The summed E-state index contributed by atoms with van der Waals surface area (Å²) in [5.74, 6) is 0. The van der Waals surface area contributed by atoms with Crippen molar-refractivity contribution in [3.05, 3.63) is 28.7 Å². The molecule has 2 aromatic heterocycles. The Morgan fingerprint density at radius 1 is 1.54 bits per heavy atom. The van der Waals surface area contributed by atoms with Gasteiger partial charge >= 0.3 is 0 Å². The van der Waals surface area contributed by atoms with Gasteiger partial charge in [-0.2, -0.15) is 5.10 Å². The van der Waals surface area contributed by atoms with E-state index in [0.29, 0.717) is 5.15 Å². The van der Waals surface area contributed by atoms with E-state index in [1.165, 1.54) is 0 Å². The highest BCUT2D eigenvalue weighted by Crippen LogP contribution is 2.15. The maximum atomic E-state index is 5.79. The monoisotopic (exact) mass is 307 g/mol. The highest BCUT2D eigenvalue weighted by Gasteiger charge is 2.07. The molecule has 2 rings (SSSR count). The van der Waals surface area contributed by atoms with E-state index in [-0.39, 0.29) is 0 Å². The first-order valence-corrected chi connectivity index (χ1v) is 5.69. The first-order valence-electron chi connectivity index (χ1n) is 3.79. The number of halogens is 2. The predicted octanol–water partition coefficient (Wildman–Crippen LogP) is 2.63. The normalized spacial score (nSPS) is 11.0. The van der Waals surface area contributed by atoms with Crippen molar-refractivity contribution in [2.75, 3.05) is 0 Å². The van der Waals surface area contributed by atoms with Crippen molar-refractivity contribution in [3.63, 3.8) is 0 Å². The lowest BCUT2D eigenvalue weighted by atomic mass is 10.4. The fourth-order valence-electron chi connectivity index (χ4n) is 1.22. The first-order chi connectivity index (χ1) is 6.22. The third kappa shape index (κ3) is 1.52. The molecule has 0 saturated heterocycles. The first kappa shape index (κ1) is 9.21. The average Bonchev–Trinajstić information content (AvgIpc) is 2.40. The van der Waals surface area contributed by atoms with Crippen LogP contribution in [0.2, 0.25) is 5.15 Å². The van der Waals surface area contributed by atoms with Crippen molar-refractivity contribution in [3.8, 4) is 0 Å². The van der Waals surface area contributed by atoms with Crippen molar-refractivity contribution in [2.24, 2.45) is 0 Å². The Hall–Kier alpha value is -0.360. The molecule has 0 atom stereocenters. The largest absolute Gasteiger partial charge is 0.232 e. The third-order valence-corrected chi connectivity index (χ3v) is 2.79. The molecule has 2 aromatic rings. The van der Waals surface area contributed by atoms with Crippen molar-refractivity contribution in [2.45, 2.75) is 11.4 Å². The Balaban J connectivity index is 2.80. The lowest BCUT2D eigenvalue weighted by Crippen LogP contribution is -1.95. The number of alkyl halides is 1. The smallest absolute Gasteiger partial charge is 0.154 e. The SMILES string of the molecule is Cc1nc2ccc(Cl)nn2c1CI. The van der Waals surface area contributed by atoms with Gasteiger partial charge in [0.15, 0.2) is 5.65 Å². The molecule has 0 fully saturated rings. The number of imidazole rings is 1. The third-order valence-electron chi connectivity index (χ3n) is 1.86. The lowest BCUT2D eigenvalue weighted by molar-refractivity contribution is 0.894. The molecule has 5 heteroatoms. The summed E-state index contributed by atoms with van der Waals surface area (Å²) in [6.45, 7) is 1.98. The molecule has 0 amide bonds. The second-order valence-electron chi connectivity index (χ2n) is 2.70. The quantitative estimate of drug-likeness (QED) is 0.599. The molecule has 0 spiro atoms. The number of aromatic nitrogens is 3.